The van der Waals surface area contributed by atoms with E-state index >= 15 is 0 Å². The Balaban J connectivity index is 2.17. The van der Waals surface area contributed by atoms with Gasteiger partial charge in [0.1, 0.15) is 11.6 Å². The Morgan fingerprint density at radius 2 is 2.00 bits per heavy atom. The van der Waals surface area contributed by atoms with Crippen molar-refractivity contribution in [2.24, 2.45) is 11.1 Å². The van der Waals surface area contributed by atoms with Crippen LogP contribution in [0.2, 0.25) is 5.02 Å². The average molecular weight is 284 g/mol. The average Bonchev–Trinajstić information content (AvgIpc) is 2.43. The molecule has 0 atom stereocenters. The van der Waals surface area contributed by atoms with E-state index in [0.29, 0.717) is 17.1 Å². The summed E-state index contributed by atoms with van der Waals surface area (Å²) in [5, 5.41) is 0.442. The lowest BCUT2D eigenvalue weighted by molar-refractivity contribution is -0.129. The van der Waals surface area contributed by atoms with Gasteiger partial charge in [0.05, 0.1) is 0 Å². The smallest absolute Gasteiger partial charge is 0.144 e. The second-order valence-electron chi connectivity index (χ2n) is 5.38. The van der Waals surface area contributed by atoms with Gasteiger partial charge in [-0.15, -0.1) is 0 Å². The van der Waals surface area contributed by atoms with Crippen molar-refractivity contribution < 1.29 is 9.18 Å². The first-order valence-corrected chi connectivity index (χ1v) is 7.12. The molecule has 0 radical (unpaired) electrons. The zero-order valence-corrected chi connectivity index (χ0v) is 11.7. The Kier molecular flexibility index (Phi) is 4.58. The van der Waals surface area contributed by atoms with E-state index in [1.165, 1.54) is 18.2 Å². The van der Waals surface area contributed by atoms with Gasteiger partial charge in [-0.1, -0.05) is 30.9 Å². The van der Waals surface area contributed by atoms with Crippen molar-refractivity contribution in [3.8, 4) is 0 Å². The van der Waals surface area contributed by atoms with Crippen molar-refractivity contribution in [3.05, 3.63) is 34.6 Å². The fourth-order valence-corrected chi connectivity index (χ4v) is 3.05. The number of carbonyl (C=O) groups is 1. The van der Waals surface area contributed by atoms with Gasteiger partial charge in [-0.25, -0.2) is 4.39 Å². The molecule has 1 aromatic rings. The molecule has 1 aliphatic carbocycles. The molecule has 1 aliphatic rings. The third-order valence-corrected chi connectivity index (χ3v) is 4.52. The summed E-state index contributed by atoms with van der Waals surface area (Å²) in [6.07, 6.45) is 5.10. The fraction of sp³-hybridized carbons (Fsp3) is 0.533. The predicted molar refractivity (Wildman–Crippen MR) is 74.7 cm³/mol. The van der Waals surface area contributed by atoms with Crippen LogP contribution in [0, 0.1) is 11.2 Å². The van der Waals surface area contributed by atoms with Crippen LogP contribution in [0.3, 0.4) is 0 Å². The molecule has 0 aliphatic heterocycles. The van der Waals surface area contributed by atoms with E-state index in [0.717, 1.165) is 32.1 Å². The normalized spacial score (nSPS) is 18.3. The van der Waals surface area contributed by atoms with Gasteiger partial charge >= 0.3 is 0 Å². The predicted octanol–water partition coefficient (Wildman–Crippen LogP) is 3.50. The molecule has 1 fully saturated rings. The second kappa shape index (κ2) is 6.02. The van der Waals surface area contributed by atoms with Gasteiger partial charge in [-0.05, 0) is 36.6 Å². The summed E-state index contributed by atoms with van der Waals surface area (Å²) in [6, 6.07) is 4.14. The molecule has 1 saturated carbocycles. The van der Waals surface area contributed by atoms with E-state index in [1.54, 1.807) is 0 Å². The molecule has 0 heterocycles. The first-order valence-electron chi connectivity index (χ1n) is 6.75. The van der Waals surface area contributed by atoms with Gasteiger partial charge in [-0.2, -0.15) is 0 Å². The zero-order valence-electron chi connectivity index (χ0n) is 10.9. The fourth-order valence-electron chi connectivity index (χ4n) is 2.86. The van der Waals surface area contributed by atoms with E-state index in [9.17, 15) is 9.18 Å². The summed E-state index contributed by atoms with van der Waals surface area (Å²) in [7, 11) is 0. The highest BCUT2D eigenvalue weighted by Crippen LogP contribution is 2.37. The summed E-state index contributed by atoms with van der Waals surface area (Å²) >= 11 is 6.02. The number of carbonyl (C=O) groups excluding carboxylic acids is 1. The van der Waals surface area contributed by atoms with Crippen molar-refractivity contribution >= 4 is 17.4 Å². The van der Waals surface area contributed by atoms with E-state index in [4.69, 9.17) is 17.3 Å². The molecule has 0 unspecified atom stereocenters. The maximum Gasteiger partial charge on any atom is 0.144 e. The number of rotatable bonds is 4. The molecule has 0 saturated heterocycles. The maximum absolute atomic E-state index is 13.2. The number of ketones is 1. The van der Waals surface area contributed by atoms with Crippen LogP contribution in [0.4, 0.5) is 4.39 Å². The van der Waals surface area contributed by atoms with Crippen LogP contribution in [0.5, 0.6) is 0 Å². The van der Waals surface area contributed by atoms with E-state index in [2.05, 4.69) is 0 Å². The molecule has 0 spiro atoms. The number of hydrogen-bond donors (Lipinski definition) is 1. The lowest BCUT2D eigenvalue weighted by Gasteiger charge is -2.34. The summed E-state index contributed by atoms with van der Waals surface area (Å²) in [6.45, 7) is 0.374. The van der Waals surface area contributed by atoms with Gasteiger partial charge < -0.3 is 5.73 Å². The first kappa shape index (κ1) is 14.5. The van der Waals surface area contributed by atoms with Crippen LogP contribution in [-0.4, -0.2) is 12.3 Å². The Morgan fingerprint density at radius 1 is 1.32 bits per heavy atom. The second-order valence-corrected chi connectivity index (χ2v) is 5.79. The molecule has 19 heavy (non-hydrogen) atoms. The number of nitrogens with two attached hydrogens (primary N) is 1. The molecule has 2 N–H and O–H groups in total. The molecule has 104 valence electrons. The van der Waals surface area contributed by atoms with Crippen LogP contribution >= 0.6 is 11.6 Å². The highest BCUT2D eigenvalue weighted by molar-refractivity contribution is 6.31. The molecule has 0 amide bonds. The minimum atomic E-state index is -0.423. The number of benzene rings is 1. The van der Waals surface area contributed by atoms with Crippen molar-refractivity contribution in [1.82, 2.24) is 0 Å². The summed E-state index contributed by atoms with van der Waals surface area (Å²) in [4.78, 5) is 12.5. The largest absolute Gasteiger partial charge is 0.329 e. The van der Waals surface area contributed by atoms with Gasteiger partial charge in [0, 0.05) is 23.4 Å². The first-order chi connectivity index (χ1) is 9.07. The Morgan fingerprint density at radius 3 is 2.63 bits per heavy atom. The summed E-state index contributed by atoms with van der Waals surface area (Å²) in [5.74, 6) is -0.264. The molecular formula is C15H19ClFNO. The van der Waals surface area contributed by atoms with Crippen LogP contribution < -0.4 is 5.73 Å². The van der Waals surface area contributed by atoms with Crippen LogP contribution in [0.15, 0.2) is 18.2 Å². The third kappa shape index (κ3) is 3.15. The number of hydrogen-bond acceptors (Lipinski definition) is 2. The van der Waals surface area contributed by atoms with Crippen molar-refractivity contribution in [1.29, 1.82) is 0 Å². The van der Waals surface area contributed by atoms with Gasteiger partial charge in [0.2, 0.25) is 0 Å². The number of halogens is 2. The van der Waals surface area contributed by atoms with E-state index < -0.39 is 5.41 Å². The van der Waals surface area contributed by atoms with Crippen LogP contribution in [0.25, 0.3) is 0 Å². The lowest BCUT2D eigenvalue weighted by Crippen LogP contribution is -2.41. The maximum atomic E-state index is 13.2. The Labute approximate surface area is 118 Å². The van der Waals surface area contributed by atoms with Crippen LogP contribution in [-0.2, 0) is 11.2 Å². The topological polar surface area (TPSA) is 43.1 Å². The Bertz CT molecular complexity index is 469. The van der Waals surface area contributed by atoms with Crippen molar-refractivity contribution in [2.45, 2.75) is 38.5 Å². The molecule has 1 aromatic carbocycles. The minimum Gasteiger partial charge on any atom is -0.329 e. The minimum absolute atomic E-state index is 0.0993. The van der Waals surface area contributed by atoms with Gasteiger partial charge in [0.25, 0.3) is 0 Å². The molecule has 4 heteroatoms. The molecule has 0 bridgehead atoms. The highest BCUT2D eigenvalue weighted by atomic mass is 35.5. The summed E-state index contributed by atoms with van der Waals surface area (Å²) < 4.78 is 13.2. The molecular weight excluding hydrogens is 265 g/mol. The van der Waals surface area contributed by atoms with Crippen molar-refractivity contribution in [2.75, 3.05) is 6.54 Å². The molecule has 0 aromatic heterocycles. The third-order valence-electron chi connectivity index (χ3n) is 4.15. The summed E-state index contributed by atoms with van der Waals surface area (Å²) in [5.41, 5.74) is 5.97. The quantitative estimate of drug-likeness (QED) is 0.919. The standard InChI is InChI=1S/C15H19ClFNO/c16-13-5-4-12(17)8-11(13)9-14(19)15(10-18)6-2-1-3-7-15/h4-5,8H,1-3,6-7,9-10,18H2. The molecule has 2 nitrogen and oxygen atoms in total. The van der Waals surface area contributed by atoms with E-state index in [1.807, 2.05) is 0 Å². The number of Topliss-reactive ketones (excluding diaryl/α,β-unsaturated/α-hetero) is 1. The van der Waals surface area contributed by atoms with Gasteiger partial charge in [0.15, 0.2) is 0 Å². The van der Waals surface area contributed by atoms with E-state index in [-0.39, 0.29) is 18.0 Å². The van der Waals surface area contributed by atoms with Crippen LogP contribution in [0.1, 0.15) is 37.7 Å². The monoisotopic (exact) mass is 283 g/mol. The highest BCUT2D eigenvalue weighted by Gasteiger charge is 2.37. The SMILES string of the molecule is NCC1(C(=O)Cc2cc(F)ccc2Cl)CCCCC1. The Hall–Kier alpha value is -0.930. The van der Waals surface area contributed by atoms with Crippen molar-refractivity contribution in [3.63, 3.8) is 0 Å². The lowest BCUT2D eigenvalue weighted by atomic mass is 9.70. The van der Waals surface area contributed by atoms with Gasteiger partial charge in [-0.3, -0.25) is 4.79 Å². The zero-order chi connectivity index (χ0) is 13.9. The molecule has 2 rings (SSSR count).